The maximum Gasteiger partial charge on any atom is 0.322 e. The third-order valence-electron chi connectivity index (χ3n) is 12.4. The summed E-state index contributed by atoms with van der Waals surface area (Å²) in [5, 5.41) is 50.5. The van der Waals surface area contributed by atoms with E-state index in [1.54, 1.807) is 27.7 Å². The molecule has 0 aromatic rings. The number of hydrogen-bond donors (Lipinski definition) is 18. The predicted molar refractivity (Wildman–Crippen MR) is 292 cm³/mol. The van der Waals surface area contributed by atoms with Gasteiger partial charge >= 0.3 is 11.9 Å². The number of carboxylic acids is 2. The molecule has 1 aliphatic rings. The number of amides is 10. The van der Waals surface area contributed by atoms with Crippen LogP contribution in [0.5, 0.6) is 0 Å². The summed E-state index contributed by atoms with van der Waals surface area (Å²) in [5.41, 5.74) is 27.2. The van der Waals surface area contributed by atoms with Crippen molar-refractivity contribution < 1.29 is 72.9 Å². The lowest BCUT2D eigenvalue weighted by Crippen LogP contribution is -2.61. The first kappa shape index (κ1) is 70.5. The van der Waals surface area contributed by atoms with Crippen molar-refractivity contribution in [3.8, 4) is 0 Å². The maximum atomic E-state index is 14.1. The van der Waals surface area contributed by atoms with Crippen molar-refractivity contribution in [1.29, 1.82) is 0 Å². The van der Waals surface area contributed by atoms with Gasteiger partial charge in [-0.25, -0.2) is 0 Å². The van der Waals surface area contributed by atoms with Gasteiger partial charge in [-0.1, -0.05) is 34.1 Å². The van der Waals surface area contributed by atoms with E-state index in [1.807, 2.05) is 0 Å². The van der Waals surface area contributed by atoms with Gasteiger partial charge in [-0.2, -0.15) is 12.6 Å². The fourth-order valence-electron chi connectivity index (χ4n) is 7.94. The second-order valence-corrected chi connectivity index (χ2v) is 19.7. The van der Waals surface area contributed by atoms with Crippen LogP contribution in [0.25, 0.3) is 0 Å². The van der Waals surface area contributed by atoms with E-state index in [1.165, 1.54) is 11.8 Å². The van der Waals surface area contributed by atoms with Crippen LogP contribution in [0.3, 0.4) is 0 Å². The summed E-state index contributed by atoms with van der Waals surface area (Å²) < 4.78 is 0. The molecule has 10 atom stereocenters. The van der Waals surface area contributed by atoms with Gasteiger partial charge in [0.05, 0.1) is 13.0 Å². The minimum atomic E-state index is -1.91. The Labute approximate surface area is 468 Å². The average molecular weight is 1160 g/mol. The van der Waals surface area contributed by atoms with Crippen molar-refractivity contribution in [1.82, 2.24) is 52.8 Å². The highest BCUT2D eigenvalue weighted by Gasteiger charge is 2.38. The number of carbonyl (C=O) groups is 12. The van der Waals surface area contributed by atoms with Gasteiger partial charge in [-0.05, 0) is 70.1 Å². The molecule has 0 unspecified atom stereocenters. The first-order valence-corrected chi connectivity index (χ1v) is 26.7. The molecule has 22 N–H and O–H groups in total. The van der Waals surface area contributed by atoms with Gasteiger partial charge in [0, 0.05) is 32.0 Å². The predicted octanol–water partition coefficient (Wildman–Crippen LogP) is -6.98. The number of rotatable bonds is 37. The van der Waals surface area contributed by atoms with E-state index in [0.717, 1.165) is 0 Å². The van der Waals surface area contributed by atoms with Gasteiger partial charge in [0.15, 0.2) is 11.9 Å². The molecule has 452 valence electrons. The van der Waals surface area contributed by atoms with E-state index in [0.29, 0.717) is 19.3 Å². The van der Waals surface area contributed by atoms with Gasteiger partial charge in [0.2, 0.25) is 59.1 Å². The zero-order chi connectivity index (χ0) is 60.8. The summed E-state index contributed by atoms with van der Waals surface area (Å²) in [6.45, 7) is 6.72. The number of aliphatic hydroxyl groups is 1. The molecule has 1 rings (SSSR count). The zero-order valence-corrected chi connectivity index (χ0v) is 46.7. The number of aliphatic carboxylic acids is 2. The normalized spacial score (nSPS) is 16.2. The highest BCUT2D eigenvalue weighted by Crippen LogP contribution is 2.18. The van der Waals surface area contributed by atoms with E-state index < -0.39 is 151 Å². The average Bonchev–Trinajstić information content (AvgIpc) is 3.90. The number of likely N-dealkylation sites (tertiary alicyclic amines) is 1. The number of nitrogens with two attached hydrogens (primary N) is 5. The molecule has 0 aromatic carbocycles. The number of carbonyl (C=O) groups excluding carboxylic acids is 10. The minimum Gasteiger partial charge on any atom is -0.481 e. The van der Waals surface area contributed by atoms with Gasteiger partial charge < -0.3 is 96.7 Å². The number of nitrogens with one attached hydrogen (secondary N) is 9. The number of hydrogen-bond acceptors (Lipinski definition) is 17. The van der Waals surface area contributed by atoms with Crippen LogP contribution < -0.4 is 76.5 Å². The molecule has 10 amide bonds. The van der Waals surface area contributed by atoms with Crippen LogP contribution >= 0.6 is 12.6 Å². The maximum absolute atomic E-state index is 14.1. The number of guanidine groups is 2. The monoisotopic (exact) mass is 1160 g/mol. The van der Waals surface area contributed by atoms with E-state index in [9.17, 15) is 67.7 Å². The van der Waals surface area contributed by atoms with Crippen LogP contribution in [0.1, 0.15) is 98.8 Å². The molecule has 1 fully saturated rings. The quantitative estimate of drug-likeness (QED) is 0.0119. The molecule has 0 radical (unpaired) electrons. The smallest absolute Gasteiger partial charge is 0.322 e. The fourth-order valence-corrected chi connectivity index (χ4v) is 8.20. The number of nitrogens with zero attached hydrogens (tertiary/aromatic N) is 3. The Morgan fingerprint density at radius 2 is 1.10 bits per heavy atom. The summed E-state index contributed by atoms with van der Waals surface area (Å²) in [6, 6.07) is -12.7. The molecule has 0 aliphatic carbocycles. The molecule has 0 saturated carbocycles. The fraction of sp³-hybridized carbons (Fsp3) is 0.702. The van der Waals surface area contributed by atoms with Gasteiger partial charge in [0.25, 0.3) is 0 Å². The Kier molecular flexibility index (Phi) is 32.2. The third kappa shape index (κ3) is 25.9. The third-order valence-corrected chi connectivity index (χ3v) is 12.7. The summed E-state index contributed by atoms with van der Waals surface area (Å²) >= 11 is 4.04. The second-order valence-electron chi connectivity index (χ2n) is 19.3. The van der Waals surface area contributed by atoms with E-state index >= 15 is 0 Å². The molecule has 1 aliphatic heterocycles. The van der Waals surface area contributed by atoms with Crippen molar-refractivity contribution in [2.75, 3.05) is 45.1 Å². The Balaban J connectivity index is 3.42. The van der Waals surface area contributed by atoms with Gasteiger partial charge in [-0.15, -0.1) is 0 Å². The molecule has 32 nitrogen and oxygen atoms in total. The lowest BCUT2D eigenvalue weighted by atomic mass is 9.96. The standard InChI is InChI=1S/C47H83N17O15S/c1-6-24(4)36(63-41(75)28(13-17-65)59-44(78)32-12-9-16-64(32)33(66)20-48)45(79)61-29(18-23(2)3)42(76)56-25(5)37(71)57-26(10-7-14-53-46(49)50)39(73)60-30(19-34(67)68)43(77)58-27(11-8-15-54-47(51)52)40(74)62-31(22-80)38(72)55-21-35(69)70/h23-32,36,65,80H,6-22,48H2,1-5H3,(H,55,72)(H,56,76)(H,57,71)(H,58,77)(H,59,78)(H,60,73)(H,61,79)(H,62,74)(H,63,75)(H,67,68)(H,69,70)(H4,49,50,53)(H4,51,52,54)/t24-,25-,26-,27-,28-,29-,30-,31-,32-,36-/m0/s1. The van der Waals surface area contributed by atoms with Crippen LogP contribution in [0.2, 0.25) is 0 Å². The Bertz CT molecular complexity index is 2220. The molecule has 1 saturated heterocycles. The number of aliphatic imine (C=N–C) groups is 2. The minimum absolute atomic E-state index is 0.0230. The molecule has 1 heterocycles. The summed E-state index contributed by atoms with van der Waals surface area (Å²) in [4.78, 5) is 167. The van der Waals surface area contributed by atoms with E-state index in [2.05, 4.69) is 70.5 Å². The molecule has 80 heavy (non-hydrogen) atoms. The van der Waals surface area contributed by atoms with Crippen LogP contribution in [0, 0.1) is 11.8 Å². The lowest BCUT2D eigenvalue weighted by Gasteiger charge is -2.30. The van der Waals surface area contributed by atoms with Gasteiger partial charge in [0.1, 0.15) is 60.9 Å². The molecular formula is C47H83N17O15S. The lowest BCUT2D eigenvalue weighted by molar-refractivity contribution is -0.141. The number of thiol groups is 1. The van der Waals surface area contributed by atoms with Crippen LogP contribution in [0.4, 0.5) is 0 Å². The Morgan fingerprint density at radius 3 is 1.59 bits per heavy atom. The number of aliphatic hydroxyl groups excluding tert-OH is 1. The van der Waals surface area contributed by atoms with Gasteiger partial charge in [-0.3, -0.25) is 67.5 Å². The van der Waals surface area contributed by atoms with Crippen molar-refractivity contribution in [3.63, 3.8) is 0 Å². The van der Waals surface area contributed by atoms with Crippen molar-refractivity contribution in [2.45, 2.75) is 153 Å². The van der Waals surface area contributed by atoms with Crippen LogP contribution in [0.15, 0.2) is 9.98 Å². The number of carboxylic acid groups (broad SMARTS) is 2. The van der Waals surface area contributed by atoms with Crippen LogP contribution in [-0.4, -0.2) is 203 Å². The second kappa shape index (κ2) is 36.6. The highest BCUT2D eigenvalue weighted by atomic mass is 32.1. The van der Waals surface area contributed by atoms with Crippen molar-refractivity contribution in [2.24, 2.45) is 50.5 Å². The molecular weight excluding hydrogens is 1070 g/mol. The largest absolute Gasteiger partial charge is 0.481 e. The van der Waals surface area contributed by atoms with E-state index in [-0.39, 0.29) is 88.3 Å². The summed E-state index contributed by atoms with van der Waals surface area (Å²) in [6.07, 6.45) is -0.465. The topological polar surface area (TPSA) is 532 Å². The molecule has 0 spiro atoms. The van der Waals surface area contributed by atoms with E-state index in [4.69, 9.17) is 33.8 Å². The first-order chi connectivity index (χ1) is 37.6. The Hall–Kier alpha value is -7.55. The van der Waals surface area contributed by atoms with Crippen LogP contribution in [-0.2, 0) is 57.5 Å². The summed E-state index contributed by atoms with van der Waals surface area (Å²) in [5.74, 6) is -13.4. The molecule has 0 bridgehead atoms. The van der Waals surface area contributed by atoms with Crippen molar-refractivity contribution in [3.05, 3.63) is 0 Å². The Morgan fingerprint density at radius 1 is 0.613 bits per heavy atom. The summed E-state index contributed by atoms with van der Waals surface area (Å²) in [7, 11) is 0. The zero-order valence-electron chi connectivity index (χ0n) is 45.8. The SMILES string of the molecule is CC[C@H](C)[C@H](NC(=O)[C@H](CCO)NC(=O)[C@@H]1CCCN1C(=O)CN)C(=O)N[C@@H](CC(C)C)C(=O)N[C@@H](C)C(=O)N[C@@H](CCCN=C(N)N)C(=O)N[C@@H](CC(=O)O)C(=O)N[C@@H](CCCN=C(N)N)C(=O)N[C@@H](CS)C(=O)NCC(=O)O. The molecule has 33 heteroatoms. The van der Waals surface area contributed by atoms with Crippen molar-refractivity contribution >= 4 is 95.6 Å². The highest BCUT2D eigenvalue weighted by molar-refractivity contribution is 7.80. The first-order valence-electron chi connectivity index (χ1n) is 26.1. The molecule has 0 aromatic heterocycles.